The van der Waals surface area contributed by atoms with Crippen LogP contribution in [0.5, 0.6) is 0 Å². The van der Waals surface area contributed by atoms with Crippen LogP contribution in [0.2, 0.25) is 0 Å². The molecule has 1 aliphatic rings. The van der Waals surface area contributed by atoms with E-state index in [1.807, 2.05) is 18.4 Å². The normalized spacial score (nSPS) is 18.7. The summed E-state index contributed by atoms with van der Waals surface area (Å²) in [4.78, 5) is 10.6. The van der Waals surface area contributed by atoms with Crippen molar-refractivity contribution in [3.8, 4) is 0 Å². The van der Waals surface area contributed by atoms with Crippen molar-refractivity contribution in [2.24, 2.45) is 4.99 Å². The Balaban J connectivity index is 0.00000243. The van der Waals surface area contributed by atoms with Crippen LogP contribution >= 0.6 is 35.3 Å². The Hall–Kier alpha value is -1.12. The van der Waals surface area contributed by atoms with E-state index in [9.17, 15) is 0 Å². The van der Waals surface area contributed by atoms with Gasteiger partial charge in [-0.25, -0.2) is 0 Å². The molecule has 1 aromatic carbocycles. The standard InChI is InChI=1S/C20H28N4S.HI/c1-21-20(22-14-18(23(2)3)19-10-7-13-25-19)24-12-11-17(15-24)16-8-5-4-6-9-16;/h4-10,13,17-18H,11-12,14-15H2,1-3H3,(H,21,22);1H. The number of halogens is 1. The molecule has 26 heavy (non-hydrogen) atoms. The van der Waals surface area contributed by atoms with Gasteiger partial charge in [0, 0.05) is 37.5 Å². The molecule has 2 heterocycles. The third-order valence-electron chi connectivity index (χ3n) is 4.92. The maximum absolute atomic E-state index is 4.53. The van der Waals surface area contributed by atoms with E-state index in [-0.39, 0.29) is 24.0 Å². The number of nitrogens with one attached hydrogen (secondary N) is 1. The molecule has 2 unspecified atom stereocenters. The number of guanidine groups is 1. The molecule has 2 aromatic rings. The van der Waals surface area contributed by atoms with Crippen molar-refractivity contribution in [1.29, 1.82) is 0 Å². The zero-order valence-corrected chi connectivity index (χ0v) is 18.9. The first-order valence-corrected chi connectivity index (χ1v) is 9.77. The summed E-state index contributed by atoms with van der Waals surface area (Å²) >= 11 is 1.81. The summed E-state index contributed by atoms with van der Waals surface area (Å²) in [6.07, 6.45) is 1.19. The van der Waals surface area contributed by atoms with Gasteiger partial charge >= 0.3 is 0 Å². The van der Waals surface area contributed by atoms with Crippen LogP contribution in [-0.4, -0.2) is 56.5 Å². The van der Waals surface area contributed by atoms with E-state index in [0.29, 0.717) is 12.0 Å². The van der Waals surface area contributed by atoms with Gasteiger partial charge < -0.3 is 15.1 Å². The second kappa shape index (κ2) is 10.3. The molecule has 4 nitrogen and oxygen atoms in total. The van der Waals surface area contributed by atoms with Crippen molar-refractivity contribution < 1.29 is 0 Å². The van der Waals surface area contributed by atoms with E-state index >= 15 is 0 Å². The number of likely N-dealkylation sites (N-methyl/N-ethyl adjacent to an activating group) is 1. The highest BCUT2D eigenvalue weighted by Crippen LogP contribution is 2.27. The predicted octanol–water partition coefficient (Wildman–Crippen LogP) is 4.03. The molecule has 0 aliphatic carbocycles. The Morgan fingerprint density at radius 2 is 2.04 bits per heavy atom. The van der Waals surface area contributed by atoms with Gasteiger partial charge in [-0.1, -0.05) is 36.4 Å². The van der Waals surface area contributed by atoms with Crippen LogP contribution in [0.1, 0.15) is 28.8 Å². The highest BCUT2D eigenvalue weighted by Gasteiger charge is 2.26. The van der Waals surface area contributed by atoms with E-state index in [1.54, 1.807) is 0 Å². The molecule has 2 atom stereocenters. The average molecular weight is 484 g/mol. The van der Waals surface area contributed by atoms with Crippen LogP contribution in [0.25, 0.3) is 0 Å². The summed E-state index contributed by atoms with van der Waals surface area (Å²) in [6.45, 7) is 2.97. The molecule has 0 amide bonds. The zero-order chi connectivity index (χ0) is 17.6. The Morgan fingerprint density at radius 1 is 1.27 bits per heavy atom. The molecule has 3 rings (SSSR count). The fourth-order valence-electron chi connectivity index (χ4n) is 3.49. The Labute approximate surface area is 178 Å². The first kappa shape index (κ1) is 21.2. The summed E-state index contributed by atoms with van der Waals surface area (Å²) in [5.41, 5.74) is 1.44. The molecule has 0 spiro atoms. The van der Waals surface area contributed by atoms with Crippen LogP contribution in [-0.2, 0) is 0 Å². The number of aliphatic imine (C=N–C) groups is 1. The number of hydrogen-bond acceptors (Lipinski definition) is 3. The Morgan fingerprint density at radius 3 is 2.65 bits per heavy atom. The topological polar surface area (TPSA) is 30.9 Å². The van der Waals surface area contributed by atoms with E-state index in [2.05, 4.69) is 82.0 Å². The fraction of sp³-hybridized carbons (Fsp3) is 0.450. The minimum Gasteiger partial charge on any atom is -0.354 e. The third-order valence-corrected chi connectivity index (χ3v) is 5.89. The van der Waals surface area contributed by atoms with Gasteiger partial charge in [0.1, 0.15) is 0 Å². The molecule has 1 saturated heterocycles. The number of rotatable bonds is 5. The molecule has 0 bridgehead atoms. The van der Waals surface area contributed by atoms with Crippen LogP contribution in [0.4, 0.5) is 0 Å². The van der Waals surface area contributed by atoms with Gasteiger partial charge in [0.25, 0.3) is 0 Å². The van der Waals surface area contributed by atoms with Gasteiger partial charge in [-0.15, -0.1) is 35.3 Å². The lowest BCUT2D eigenvalue weighted by Crippen LogP contribution is -2.43. The number of benzene rings is 1. The lowest BCUT2D eigenvalue weighted by molar-refractivity contribution is 0.299. The van der Waals surface area contributed by atoms with Crippen LogP contribution in [0.15, 0.2) is 52.8 Å². The molecule has 6 heteroatoms. The molecule has 0 saturated carbocycles. The second-order valence-corrected chi connectivity index (χ2v) is 7.74. The van der Waals surface area contributed by atoms with E-state index < -0.39 is 0 Å². The molecular formula is C20H29IN4S. The van der Waals surface area contributed by atoms with Crippen molar-refractivity contribution >= 4 is 41.3 Å². The van der Waals surface area contributed by atoms with Crippen molar-refractivity contribution in [1.82, 2.24) is 15.1 Å². The highest BCUT2D eigenvalue weighted by molar-refractivity contribution is 14.0. The number of likely N-dealkylation sites (tertiary alicyclic amines) is 1. The minimum absolute atomic E-state index is 0. The summed E-state index contributed by atoms with van der Waals surface area (Å²) in [5.74, 6) is 1.61. The van der Waals surface area contributed by atoms with Gasteiger partial charge in [0.2, 0.25) is 0 Å². The summed E-state index contributed by atoms with van der Waals surface area (Å²) in [6, 6.07) is 15.5. The van der Waals surface area contributed by atoms with Gasteiger partial charge in [0.15, 0.2) is 5.96 Å². The minimum atomic E-state index is 0. The zero-order valence-electron chi connectivity index (χ0n) is 15.8. The first-order valence-electron chi connectivity index (χ1n) is 8.89. The molecular weight excluding hydrogens is 455 g/mol. The van der Waals surface area contributed by atoms with Gasteiger partial charge in [-0.3, -0.25) is 4.99 Å². The quantitative estimate of drug-likeness (QED) is 0.395. The molecule has 142 valence electrons. The lowest BCUT2D eigenvalue weighted by Gasteiger charge is -2.27. The maximum Gasteiger partial charge on any atom is 0.193 e. The third kappa shape index (κ3) is 5.20. The molecule has 1 aromatic heterocycles. The van der Waals surface area contributed by atoms with Crippen LogP contribution in [0.3, 0.4) is 0 Å². The summed E-state index contributed by atoms with van der Waals surface area (Å²) in [7, 11) is 6.15. The van der Waals surface area contributed by atoms with Crippen molar-refractivity contribution in [3.63, 3.8) is 0 Å². The Kier molecular flexibility index (Phi) is 8.37. The van der Waals surface area contributed by atoms with Gasteiger partial charge in [-0.2, -0.15) is 0 Å². The van der Waals surface area contributed by atoms with Crippen LogP contribution < -0.4 is 5.32 Å². The van der Waals surface area contributed by atoms with Crippen molar-refractivity contribution in [2.75, 3.05) is 40.8 Å². The van der Waals surface area contributed by atoms with Gasteiger partial charge in [0.05, 0.1) is 6.04 Å². The summed E-state index contributed by atoms with van der Waals surface area (Å²) in [5, 5.41) is 5.74. The summed E-state index contributed by atoms with van der Waals surface area (Å²) < 4.78 is 0. The number of nitrogens with zero attached hydrogens (tertiary/aromatic N) is 3. The first-order chi connectivity index (χ1) is 12.2. The fourth-order valence-corrected chi connectivity index (χ4v) is 4.41. The van der Waals surface area contributed by atoms with E-state index in [4.69, 9.17) is 0 Å². The smallest absolute Gasteiger partial charge is 0.193 e. The highest BCUT2D eigenvalue weighted by atomic mass is 127. The molecule has 1 N–H and O–H groups in total. The van der Waals surface area contributed by atoms with Crippen molar-refractivity contribution in [3.05, 3.63) is 58.3 Å². The predicted molar refractivity (Wildman–Crippen MR) is 123 cm³/mol. The largest absolute Gasteiger partial charge is 0.354 e. The number of thiophene rings is 1. The van der Waals surface area contributed by atoms with Crippen LogP contribution in [0, 0.1) is 0 Å². The van der Waals surface area contributed by atoms with Crippen molar-refractivity contribution in [2.45, 2.75) is 18.4 Å². The lowest BCUT2D eigenvalue weighted by atomic mass is 9.99. The van der Waals surface area contributed by atoms with E-state index in [1.165, 1.54) is 16.9 Å². The van der Waals surface area contributed by atoms with Gasteiger partial charge in [-0.05, 0) is 37.5 Å². The maximum atomic E-state index is 4.53. The SMILES string of the molecule is CN=C(NCC(c1cccs1)N(C)C)N1CCC(c2ccccc2)C1.I. The second-order valence-electron chi connectivity index (χ2n) is 6.77. The molecule has 1 aliphatic heterocycles. The molecule has 1 fully saturated rings. The van der Waals surface area contributed by atoms with E-state index in [0.717, 1.165) is 25.6 Å². The Bertz CT molecular complexity index is 672. The monoisotopic (exact) mass is 484 g/mol. The number of hydrogen-bond donors (Lipinski definition) is 1. The molecule has 0 radical (unpaired) electrons. The average Bonchev–Trinajstić information content (AvgIpc) is 3.31.